The number of hydrogen-bond acceptors (Lipinski definition) is 3. The molecule has 3 aromatic heterocycles. The summed E-state index contributed by atoms with van der Waals surface area (Å²) in [4.78, 5) is 13.8. The molecule has 4 aromatic rings. The minimum atomic E-state index is -0.125. The van der Waals surface area contributed by atoms with Gasteiger partial charge >= 0.3 is 0 Å². The predicted molar refractivity (Wildman–Crippen MR) is 97.1 cm³/mol. The summed E-state index contributed by atoms with van der Waals surface area (Å²) in [6.07, 6.45) is 5.64. The van der Waals surface area contributed by atoms with Gasteiger partial charge in [0.15, 0.2) is 5.65 Å². The fraction of sp³-hybridized carbons (Fsp3) is 0.190. The number of pyridine rings is 3. The van der Waals surface area contributed by atoms with Crippen molar-refractivity contribution in [3.63, 3.8) is 0 Å². The zero-order valence-electron chi connectivity index (χ0n) is 14.0. The van der Waals surface area contributed by atoms with Crippen molar-refractivity contribution < 1.29 is 0 Å². The Morgan fingerprint density at radius 2 is 1.83 bits per heavy atom. The summed E-state index contributed by atoms with van der Waals surface area (Å²) < 4.78 is 0. The Bertz CT molecular complexity index is 1140. The van der Waals surface area contributed by atoms with Gasteiger partial charge in [-0.25, -0.2) is 9.97 Å². The van der Waals surface area contributed by atoms with Crippen molar-refractivity contribution in [1.29, 1.82) is 0 Å². The first-order chi connectivity index (χ1) is 11.6. The van der Waals surface area contributed by atoms with Crippen LogP contribution in [0.15, 0.2) is 48.9 Å². The van der Waals surface area contributed by atoms with E-state index >= 15 is 0 Å². The molecule has 0 radical (unpaired) electrons. The van der Waals surface area contributed by atoms with Crippen LogP contribution in [-0.2, 0) is 5.41 Å². The van der Waals surface area contributed by atoms with Gasteiger partial charge in [-0.3, -0.25) is 4.98 Å². The number of benzene rings is 1. The molecule has 0 unspecified atom stereocenters. The molecule has 1 aliphatic carbocycles. The lowest BCUT2D eigenvalue weighted by molar-refractivity contribution is 0.649. The molecule has 3 nitrogen and oxygen atoms in total. The van der Waals surface area contributed by atoms with Crippen molar-refractivity contribution in [2.24, 2.45) is 0 Å². The van der Waals surface area contributed by atoms with Gasteiger partial charge in [-0.05, 0) is 41.6 Å². The summed E-state index contributed by atoms with van der Waals surface area (Å²) in [7, 11) is 0. The normalized spacial score (nSPS) is 14.8. The highest BCUT2D eigenvalue weighted by Gasteiger charge is 2.36. The van der Waals surface area contributed by atoms with Crippen LogP contribution in [0.1, 0.15) is 30.5 Å². The SMILES string of the molecule is Cc1cc2c3c(nccc3c1)-c1cnc3ncccc3c1C2(C)C. The fourth-order valence-electron chi connectivity index (χ4n) is 4.18. The van der Waals surface area contributed by atoms with Crippen LogP contribution in [0.4, 0.5) is 0 Å². The van der Waals surface area contributed by atoms with Crippen molar-refractivity contribution in [3.05, 3.63) is 65.6 Å². The lowest BCUT2D eigenvalue weighted by atomic mass is 9.69. The quantitative estimate of drug-likeness (QED) is 0.468. The van der Waals surface area contributed by atoms with Crippen molar-refractivity contribution in [2.45, 2.75) is 26.2 Å². The van der Waals surface area contributed by atoms with E-state index in [0.29, 0.717) is 0 Å². The van der Waals surface area contributed by atoms with Crippen molar-refractivity contribution in [3.8, 4) is 11.3 Å². The first-order valence-electron chi connectivity index (χ1n) is 8.22. The molecular formula is C21H17N3. The second kappa shape index (κ2) is 4.38. The molecular weight excluding hydrogens is 294 g/mol. The molecule has 0 amide bonds. The number of nitrogens with zero attached hydrogens (tertiary/aromatic N) is 3. The summed E-state index contributed by atoms with van der Waals surface area (Å²) in [5.74, 6) is 0. The summed E-state index contributed by atoms with van der Waals surface area (Å²) in [5.41, 5.74) is 6.73. The maximum atomic E-state index is 4.72. The molecule has 24 heavy (non-hydrogen) atoms. The van der Waals surface area contributed by atoms with E-state index in [1.807, 2.05) is 18.5 Å². The van der Waals surface area contributed by atoms with Crippen LogP contribution in [0.3, 0.4) is 0 Å². The molecule has 1 aliphatic rings. The molecule has 5 rings (SSSR count). The van der Waals surface area contributed by atoms with Crippen LogP contribution in [0.5, 0.6) is 0 Å². The number of fused-ring (bicyclic) bond motifs is 4. The van der Waals surface area contributed by atoms with Gasteiger partial charge in [0, 0.05) is 40.3 Å². The number of aryl methyl sites for hydroxylation is 1. The number of hydrogen-bond donors (Lipinski definition) is 0. The summed E-state index contributed by atoms with van der Waals surface area (Å²) in [5, 5.41) is 3.62. The first kappa shape index (κ1) is 13.6. The monoisotopic (exact) mass is 311 g/mol. The van der Waals surface area contributed by atoms with Crippen LogP contribution < -0.4 is 0 Å². The average molecular weight is 311 g/mol. The van der Waals surface area contributed by atoms with Crippen molar-refractivity contribution in [1.82, 2.24) is 15.0 Å². The molecule has 3 heteroatoms. The van der Waals surface area contributed by atoms with Gasteiger partial charge in [0.25, 0.3) is 0 Å². The zero-order valence-corrected chi connectivity index (χ0v) is 14.0. The zero-order chi connectivity index (χ0) is 16.5. The fourth-order valence-corrected chi connectivity index (χ4v) is 4.18. The van der Waals surface area contributed by atoms with Crippen LogP contribution in [0.25, 0.3) is 33.1 Å². The van der Waals surface area contributed by atoms with Gasteiger partial charge in [0.2, 0.25) is 0 Å². The van der Waals surface area contributed by atoms with Gasteiger partial charge in [-0.2, -0.15) is 0 Å². The Hall–Kier alpha value is -2.81. The summed E-state index contributed by atoms with van der Waals surface area (Å²) in [6.45, 7) is 6.75. The smallest absolute Gasteiger partial charge is 0.159 e. The number of rotatable bonds is 0. The molecule has 0 bridgehead atoms. The molecule has 0 aliphatic heterocycles. The summed E-state index contributed by atoms with van der Waals surface area (Å²) >= 11 is 0. The first-order valence-corrected chi connectivity index (χ1v) is 8.22. The Balaban J connectivity index is 2.06. The van der Waals surface area contributed by atoms with E-state index in [2.05, 4.69) is 55.0 Å². The van der Waals surface area contributed by atoms with Gasteiger partial charge in [0.1, 0.15) is 0 Å². The molecule has 3 heterocycles. The third-order valence-corrected chi connectivity index (χ3v) is 5.20. The standard InChI is InChI=1S/C21H17N3/c1-12-9-13-6-8-22-19-15-11-24-20-14(5-4-7-23-20)18(15)21(2,3)16(10-12)17(13)19/h4-11H,1-3H3. The third-order valence-electron chi connectivity index (χ3n) is 5.20. The van der Waals surface area contributed by atoms with Crippen LogP contribution in [0, 0.1) is 6.92 Å². The minimum Gasteiger partial charge on any atom is -0.256 e. The Kier molecular flexibility index (Phi) is 2.49. The second-order valence-corrected chi connectivity index (χ2v) is 7.12. The molecule has 0 spiro atoms. The maximum Gasteiger partial charge on any atom is 0.159 e. The Morgan fingerprint density at radius 1 is 0.958 bits per heavy atom. The molecule has 0 N–H and O–H groups in total. The summed E-state index contributed by atoms with van der Waals surface area (Å²) in [6, 6.07) is 10.8. The predicted octanol–water partition coefficient (Wildman–Crippen LogP) is 4.79. The van der Waals surface area contributed by atoms with Gasteiger partial charge in [-0.1, -0.05) is 31.5 Å². The third kappa shape index (κ3) is 1.59. The van der Waals surface area contributed by atoms with Gasteiger partial charge in [0.05, 0.1) is 5.69 Å². The molecule has 0 fully saturated rings. The number of aromatic nitrogens is 3. The largest absolute Gasteiger partial charge is 0.256 e. The highest BCUT2D eigenvalue weighted by Crippen LogP contribution is 2.49. The highest BCUT2D eigenvalue weighted by atomic mass is 14.8. The van der Waals surface area contributed by atoms with E-state index in [1.165, 1.54) is 27.5 Å². The molecule has 116 valence electrons. The lowest BCUT2D eigenvalue weighted by Gasteiger charge is -2.35. The van der Waals surface area contributed by atoms with E-state index in [4.69, 9.17) is 4.98 Å². The van der Waals surface area contributed by atoms with Crippen molar-refractivity contribution >= 4 is 21.8 Å². The average Bonchev–Trinajstić information content (AvgIpc) is 2.58. The second-order valence-electron chi connectivity index (χ2n) is 7.12. The molecule has 0 saturated heterocycles. The van der Waals surface area contributed by atoms with E-state index < -0.39 is 0 Å². The van der Waals surface area contributed by atoms with Crippen LogP contribution >= 0.6 is 0 Å². The van der Waals surface area contributed by atoms with Gasteiger partial charge in [-0.15, -0.1) is 0 Å². The Morgan fingerprint density at radius 3 is 2.71 bits per heavy atom. The topological polar surface area (TPSA) is 38.7 Å². The maximum absolute atomic E-state index is 4.72. The van der Waals surface area contributed by atoms with E-state index in [-0.39, 0.29) is 5.41 Å². The highest BCUT2D eigenvalue weighted by molar-refractivity contribution is 6.04. The van der Waals surface area contributed by atoms with E-state index in [1.54, 1.807) is 6.20 Å². The lowest BCUT2D eigenvalue weighted by Crippen LogP contribution is -2.25. The molecule has 0 saturated carbocycles. The molecule has 0 atom stereocenters. The van der Waals surface area contributed by atoms with E-state index in [0.717, 1.165) is 22.3 Å². The van der Waals surface area contributed by atoms with E-state index in [9.17, 15) is 0 Å². The van der Waals surface area contributed by atoms with Crippen LogP contribution in [-0.4, -0.2) is 15.0 Å². The molecule has 1 aromatic carbocycles. The minimum absolute atomic E-state index is 0.125. The van der Waals surface area contributed by atoms with Crippen LogP contribution in [0.2, 0.25) is 0 Å². The Labute approximate surface area is 140 Å². The van der Waals surface area contributed by atoms with Crippen molar-refractivity contribution in [2.75, 3.05) is 0 Å². The van der Waals surface area contributed by atoms with Gasteiger partial charge < -0.3 is 0 Å².